The molecular formula is C22H34N2O4S. The number of sulfonamides is 1. The normalized spacial score (nSPS) is 26.1. The van der Waals surface area contributed by atoms with Gasteiger partial charge in [0, 0.05) is 25.0 Å². The number of hydrogen-bond donors (Lipinski definition) is 1. The van der Waals surface area contributed by atoms with Gasteiger partial charge in [0.05, 0.1) is 6.61 Å². The lowest BCUT2D eigenvalue weighted by molar-refractivity contribution is 0.0812. The maximum Gasteiger partial charge on any atom is 0.247 e. The van der Waals surface area contributed by atoms with Crippen LogP contribution in [0.1, 0.15) is 45.1 Å². The number of hydrogen-bond acceptors (Lipinski definition) is 5. The summed E-state index contributed by atoms with van der Waals surface area (Å²) in [5, 5.41) is 9.69. The van der Waals surface area contributed by atoms with Crippen molar-refractivity contribution < 1.29 is 18.3 Å². The molecule has 0 spiro atoms. The zero-order valence-electron chi connectivity index (χ0n) is 18.0. The number of aliphatic hydroxyl groups excluding tert-OH is 1. The van der Waals surface area contributed by atoms with Gasteiger partial charge in [0.25, 0.3) is 0 Å². The topological polar surface area (TPSA) is 70.1 Å². The number of fused-ring (bicyclic) bond motifs is 1. The summed E-state index contributed by atoms with van der Waals surface area (Å²) in [6.07, 6.45) is 6.54. The Hall–Kier alpha value is -1.41. The van der Waals surface area contributed by atoms with Crippen LogP contribution in [0.5, 0.6) is 5.75 Å². The first-order valence-corrected chi connectivity index (χ1v) is 12.0. The van der Waals surface area contributed by atoms with Crippen LogP contribution in [0, 0.1) is 5.92 Å². The molecule has 0 bridgehead atoms. The Labute approximate surface area is 175 Å². The minimum atomic E-state index is -3.77. The molecule has 0 saturated carbocycles. The summed E-state index contributed by atoms with van der Waals surface area (Å²) >= 11 is 0. The molecule has 1 N–H and O–H groups in total. The van der Waals surface area contributed by atoms with Gasteiger partial charge in [-0.2, -0.15) is 4.31 Å². The Bertz CT molecular complexity index is 850. The first-order valence-electron chi connectivity index (χ1n) is 10.5. The summed E-state index contributed by atoms with van der Waals surface area (Å²) < 4.78 is 34.7. The summed E-state index contributed by atoms with van der Waals surface area (Å²) in [5.74, 6) is 0.398. The van der Waals surface area contributed by atoms with Gasteiger partial charge in [0.2, 0.25) is 10.0 Å². The van der Waals surface area contributed by atoms with Gasteiger partial charge in [-0.1, -0.05) is 19.1 Å². The number of benzene rings is 1. The Kier molecular flexibility index (Phi) is 7.04. The van der Waals surface area contributed by atoms with Gasteiger partial charge in [-0.25, -0.2) is 8.42 Å². The molecule has 1 aliphatic heterocycles. The SMILES string of the molecule is C[C@H]1CN([C@@H](C)CO)S(=O)(=O)c2ccc(C3=CCCCC3)cc2O[C@@H]1CN(C)C. The van der Waals surface area contributed by atoms with Crippen LogP contribution in [-0.4, -0.2) is 68.7 Å². The first kappa shape index (κ1) is 22.3. The van der Waals surface area contributed by atoms with Crippen LogP contribution in [0.4, 0.5) is 0 Å². The van der Waals surface area contributed by atoms with Gasteiger partial charge < -0.3 is 14.7 Å². The fourth-order valence-electron chi connectivity index (χ4n) is 4.10. The van der Waals surface area contributed by atoms with Crippen molar-refractivity contribution in [3.8, 4) is 5.75 Å². The molecule has 2 aliphatic rings. The molecule has 1 heterocycles. The molecular weight excluding hydrogens is 388 g/mol. The van der Waals surface area contributed by atoms with E-state index in [1.807, 2.05) is 33.2 Å². The third-order valence-corrected chi connectivity index (χ3v) is 7.89. The third kappa shape index (κ3) is 4.85. The Morgan fingerprint density at radius 2 is 2.07 bits per heavy atom. The number of nitrogens with zero attached hydrogens (tertiary/aromatic N) is 2. The fraction of sp³-hybridized carbons (Fsp3) is 0.636. The lowest BCUT2D eigenvalue weighted by Gasteiger charge is -2.37. The highest BCUT2D eigenvalue weighted by atomic mass is 32.2. The molecule has 1 aromatic rings. The summed E-state index contributed by atoms with van der Waals surface area (Å²) in [4.78, 5) is 2.25. The predicted octanol–water partition coefficient (Wildman–Crippen LogP) is 2.97. The number of aliphatic hydroxyl groups is 1. The monoisotopic (exact) mass is 422 g/mol. The average Bonchev–Trinajstić information content (AvgIpc) is 2.70. The van der Waals surface area contributed by atoms with E-state index in [0.29, 0.717) is 18.8 Å². The molecule has 0 radical (unpaired) electrons. The minimum Gasteiger partial charge on any atom is -0.487 e. The van der Waals surface area contributed by atoms with Crippen molar-refractivity contribution in [2.24, 2.45) is 5.92 Å². The van der Waals surface area contributed by atoms with E-state index in [1.165, 1.54) is 16.3 Å². The van der Waals surface area contributed by atoms with E-state index >= 15 is 0 Å². The maximum atomic E-state index is 13.4. The molecule has 6 nitrogen and oxygen atoms in total. The summed E-state index contributed by atoms with van der Waals surface area (Å²) in [7, 11) is 0.209. The molecule has 0 saturated heterocycles. The molecule has 0 amide bonds. The van der Waals surface area contributed by atoms with Crippen LogP contribution < -0.4 is 4.74 Å². The van der Waals surface area contributed by atoms with Crippen LogP contribution in [0.3, 0.4) is 0 Å². The summed E-state index contributed by atoms with van der Waals surface area (Å²) in [5.41, 5.74) is 2.30. The highest BCUT2D eigenvalue weighted by molar-refractivity contribution is 7.89. The second kappa shape index (κ2) is 9.16. The van der Waals surface area contributed by atoms with Crippen LogP contribution in [0.2, 0.25) is 0 Å². The second-order valence-corrected chi connectivity index (χ2v) is 10.5. The van der Waals surface area contributed by atoms with Gasteiger partial charge in [-0.15, -0.1) is 0 Å². The standard InChI is InChI=1S/C22H34N2O4S/c1-16-13-24(17(2)15-25)29(26,27)22-11-10-19(18-8-6-5-7-9-18)12-20(22)28-21(16)14-23(3)4/h8,10-12,16-17,21,25H,5-7,9,13-15H2,1-4H3/t16-,17-,21+/m0/s1. The Morgan fingerprint density at radius 3 is 2.69 bits per heavy atom. The van der Waals surface area contributed by atoms with Gasteiger partial charge >= 0.3 is 0 Å². The van der Waals surface area contributed by atoms with E-state index in [4.69, 9.17) is 4.74 Å². The third-order valence-electron chi connectivity index (χ3n) is 5.87. The molecule has 7 heteroatoms. The van der Waals surface area contributed by atoms with Gasteiger partial charge in [0.15, 0.2) is 0 Å². The first-order chi connectivity index (χ1) is 13.7. The van der Waals surface area contributed by atoms with Crippen molar-refractivity contribution in [3.05, 3.63) is 29.8 Å². The van der Waals surface area contributed by atoms with E-state index in [0.717, 1.165) is 24.8 Å². The van der Waals surface area contributed by atoms with E-state index < -0.39 is 16.1 Å². The Balaban J connectivity index is 2.10. The number of rotatable bonds is 5. The zero-order valence-corrected chi connectivity index (χ0v) is 18.8. The molecule has 0 unspecified atom stereocenters. The summed E-state index contributed by atoms with van der Waals surface area (Å²) in [6, 6.07) is 4.97. The van der Waals surface area contributed by atoms with Crippen LogP contribution >= 0.6 is 0 Å². The van der Waals surface area contributed by atoms with E-state index in [-0.39, 0.29) is 23.5 Å². The Morgan fingerprint density at radius 1 is 1.31 bits per heavy atom. The molecule has 3 atom stereocenters. The van der Waals surface area contributed by atoms with Crippen molar-refractivity contribution in [2.75, 3.05) is 33.8 Å². The second-order valence-electron chi connectivity index (χ2n) is 8.64. The lowest BCUT2D eigenvalue weighted by atomic mass is 9.93. The van der Waals surface area contributed by atoms with Crippen LogP contribution in [-0.2, 0) is 10.0 Å². The maximum absolute atomic E-state index is 13.4. The zero-order chi connectivity index (χ0) is 21.2. The number of allylic oxidation sites excluding steroid dienone is 2. The molecule has 29 heavy (non-hydrogen) atoms. The quantitative estimate of drug-likeness (QED) is 0.790. The van der Waals surface area contributed by atoms with Crippen molar-refractivity contribution in [1.29, 1.82) is 0 Å². The van der Waals surface area contributed by atoms with E-state index in [2.05, 4.69) is 11.0 Å². The fourth-order valence-corrected chi connectivity index (χ4v) is 5.93. The van der Waals surface area contributed by atoms with Crippen molar-refractivity contribution in [2.45, 2.75) is 56.6 Å². The lowest BCUT2D eigenvalue weighted by Crippen LogP contribution is -2.49. The van der Waals surface area contributed by atoms with Crippen LogP contribution in [0.25, 0.3) is 5.57 Å². The molecule has 0 aromatic heterocycles. The van der Waals surface area contributed by atoms with E-state index in [1.54, 1.807) is 13.0 Å². The highest BCUT2D eigenvalue weighted by Crippen LogP contribution is 2.37. The molecule has 1 aliphatic carbocycles. The molecule has 0 fully saturated rings. The van der Waals surface area contributed by atoms with E-state index in [9.17, 15) is 13.5 Å². The van der Waals surface area contributed by atoms with Crippen molar-refractivity contribution in [3.63, 3.8) is 0 Å². The van der Waals surface area contributed by atoms with Crippen molar-refractivity contribution in [1.82, 2.24) is 9.21 Å². The predicted molar refractivity (Wildman–Crippen MR) is 115 cm³/mol. The molecule has 3 rings (SSSR count). The molecule has 1 aromatic carbocycles. The largest absolute Gasteiger partial charge is 0.487 e. The van der Waals surface area contributed by atoms with Crippen molar-refractivity contribution >= 4 is 15.6 Å². The van der Waals surface area contributed by atoms with Gasteiger partial charge in [-0.05, 0) is 70.0 Å². The van der Waals surface area contributed by atoms with Crippen LogP contribution in [0.15, 0.2) is 29.2 Å². The van der Waals surface area contributed by atoms with Gasteiger partial charge in [0.1, 0.15) is 16.7 Å². The number of ether oxygens (including phenoxy) is 1. The highest BCUT2D eigenvalue weighted by Gasteiger charge is 2.38. The smallest absolute Gasteiger partial charge is 0.247 e. The number of likely N-dealkylation sites (N-methyl/N-ethyl adjacent to an activating group) is 1. The molecule has 162 valence electrons. The summed E-state index contributed by atoms with van der Waals surface area (Å²) in [6.45, 7) is 4.54. The van der Waals surface area contributed by atoms with Gasteiger partial charge in [-0.3, -0.25) is 0 Å². The minimum absolute atomic E-state index is 0.0214. The average molecular weight is 423 g/mol.